The number of imidazole rings is 1. The van der Waals surface area contributed by atoms with Crippen LogP contribution >= 0.6 is 0 Å². The van der Waals surface area contributed by atoms with Crippen molar-refractivity contribution in [2.75, 3.05) is 11.4 Å². The number of fused-ring (bicyclic) bond motifs is 3. The van der Waals surface area contributed by atoms with Gasteiger partial charge in [-0.1, -0.05) is 37.3 Å². The highest BCUT2D eigenvalue weighted by Crippen LogP contribution is 2.33. The van der Waals surface area contributed by atoms with Crippen LogP contribution in [0.25, 0.3) is 11.2 Å². The molecule has 0 N–H and O–H groups in total. The predicted molar refractivity (Wildman–Crippen MR) is 122 cm³/mol. The maximum Gasteiger partial charge on any atom is 0.332 e. The Bertz CT molecular complexity index is 1470. The van der Waals surface area contributed by atoms with Crippen molar-refractivity contribution in [3.63, 3.8) is 0 Å². The zero-order chi connectivity index (χ0) is 22.6. The van der Waals surface area contributed by atoms with E-state index in [0.29, 0.717) is 29.2 Å². The van der Waals surface area contributed by atoms with Gasteiger partial charge in [0.2, 0.25) is 5.95 Å². The normalized spacial score (nSPS) is 15.9. The second-order valence-electron chi connectivity index (χ2n) is 8.57. The number of rotatable bonds is 3. The Morgan fingerprint density at radius 2 is 1.88 bits per heavy atom. The minimum atomic E-state index is -0.517. The van der Waals surface area contributed by atoms with Crippen LogP contribution in [0.1, 0.15) is 18.1 Å². The van der Waals surface area contributed by atoms with Crippen LogP contribution in [0, 0.1) is 18.7 Å². The number of aryl methyl sites for hydroxylation is 2. The van der Waals surface area contributed by atoms with Crippen molar-refractivity contribution in [3.05, 3.63) is 86.3 Å². The van der Waals surface area contributed by atoms with Crippen LogP contribution < -0.4 is 16.1 Å². The van der Waals surface area contributed by atoms with Gasteiger partial charge in [-0.15, -0.1) is 0 Å². The number of benzene rings is 2. The van der Waals surface area contributed by atoms with Crippen molar-refractivity contribution in [2.24, 2.45) is 13.0 Å². The molecule has 7 nitrogen and oxygen atoms in total. The molecule has 3 heterocycles. The first-order valence-electron chi connectivity index (χ1n) is 10.6. The Morgan fingerprint density at radius 3 is 2.62 bits per heavy atom. The van der Waals surface area contributed by atoms with Gasteiger partial charge in [0.05, 0.1) is 6.54 Å². The first-order valence-corrected chi connectivity index (χ1v) is 10.6. The molecule has 0 saturated carbocycles. The van der Waals surface area contributed by atoms with Crippen molar-refractivity contribution in [1.29, 1.82) is 0 Å². The standard InChI is InChI=1S/C24H24FN5O2/c1-15-7-6-9-18(11-15)28-12-16(2)13-29-20-21(26-23(28)29)27(3)24(32)30(22(20)31)14-17-8-4-5-10-19(17)25/h4-11,16H,12-14H2,1-3H3. The van der Waals surface area contributed by atoms with Gasteiger partial charge in [-0.2, -0.15) is 4.98 Å². The van der Waals surface area contributed by atoms with Crippen LogP contribution in [0.2, 0.25) is 0 Å². The van der Waals surface area contributed by atoms with Gasteiger partial charge in [0.15, 0.2) is 11.2 Å². The second-order valence-corrected chi connectivity index (χ2v) is 8.57. The van der Waals surface area contributed by atoms with Crippen molar-refractivity contribution in [3.8, 4) is 0 Å². The quantitative estimate of drug-likeness (QED) is 0.498. The largest absolute Gasteiger partial charge is 0.332 e. The molecule has 0 aliphatic carbocycles. The van der Waals surface area contributed by atoms with Gasteiger partial charge >= 0.3 is 5.69 Å². The van der Waals surface area contributed by atoms with Gasteiger partial charge in [-0.3, -0.25) is 13.9 Å². The van der Waals surface area contributed by atoms with Crippen LogP contribution in [0.3, 0.4) is 0 Å². The molecule has 1 unspecified atom stereocenters. The zero-order valence-corrected chi connectivity index (χ0v) is 18.2. The van der Waals surface area contributed by atoms with E-state index in [9.17, 15) is 14.0 Å². The number of anilines is 2. The van der Waals surface area contributed by atoms with Crippen LogP contribution in [0.15, 0.2) is 58.1 Å². The van der Waals surface area contributed by atoms with Crippen molar-refractivity contribution in [1.82, 2.24) is 18.7 Å². The van der Waals surface area contributed by atoms with Crippen LogP contribution in [0.5, 0.6) is 0 Å². The molecule has 0 fully saturated rings. The van der Waals surface area contributed by atoms with E-state index in [1.54, 1.807) is 25.2 Å². The number of hydrogen-bond acceptors (Lipinski definition) is 4. The third-order valence-corrected chi connectivity index (χ3v) is 6.04. The van der Waals surface area contributed by atoms with Crippen LogP contribution in [-0.4, -0.2) is 25.2 Å². The Labute approximate surface area is 184 Å². The number of nitrogens with zero attached hydrogens (tertiary/aromatic N) is 5. The van der Waals surface area contributed by atoms with Crippen LogP contribution in [0.4, 0.5) is 16.0 Å². The van der Waals surface area contributed by atoms with E-state index >= 15 is 0 Å². The van der Waals surface area contributed by atoms with Crippen molar-refractivity contribution in [2.45, 2.75) is 26.9 Å². The smallest absolute Gasteiger partial charge is 0.312 e. The lowest BCUT2D eigenvalue weighted by Crippen LogP contribution is -2.40. The molecule has 164 valence electrons. The average Bonchev–Trinajstić information content (AvgIpc) is 3.15. The molecule has 0 amide bonds. The van der Waals surface area contributed by atoms with Crippen LogP contribution in [-0.2, 0) is 20.1 Å². The molecule has 2 aromatic carbocycles. The minimum absolute atomic E-state index is 0.133. The summed E-state index contributed by atoms with van der Waals surface area (Å²) in [5.74, 6) is 0.451. The van der Waals surface area contributed by atoms with Gasteiger partial charge in [-0.05, 0) is 36.6 Å². The maximum absolute atomic E-state index is 14.2. The van der Waals surface area contributed by atoms with E-state index in [4.69, 9.17) is 4.98 Å². The molecule has 2 aromatic heterocycles. The number of hydrogen-bond donors (Lipinski definition) is 0. The van der Waals surface area contributed by atoms with Crippen molar-refractivity contribution < 1.29 is 4.39 Å². The molecule has 4 aromatic rings. The number of halogens is 1. The van der Waals surface area contributed by atoms with Gasteiger partial charge < -0.3 is 9.47 Å². The summed E-state index contributed by atoms with van der Waals surface area (Å²) in [5, 5.41) is 0. The fourth-order valence-electron chi connectivity index (χ4n) is 4.45. The first kappa shape index (κ1) is 20.2. The highest BCUT2D eigenvalue weighted by molar-refractivity contribution is 5.77. The van der Waals surface area contributed by atoms with Gasteiger partial charge in [0.1, 0.15) is 5.82 Å². The molecule has 8 heteroatoms. The number of aromatic nitrogens is 4. The molecule has 0 saturated heterocycles. The third-order valence-electron chi connectivity index (χ3n) is 6.04. The Hall–Kier alpha value is -3.68. The molecule has 0 radical (unpaired) electrons. The monoisotopic (exact) mass is 433 g/mol. The third kappa shape index (κ3) is 3.14. The summed E-state index contributed by atoms with van der Waals surface area (Å²) in [4.78, 5) is 33.4. The SMILES string of the molecule is Cc1cccc(N2CC(C)Cn3c2nc2c3c(=O)n(Cc3ccccc3F)c(=O)n2C)c1. The average molecular weight is 433 g/mol. The molecule has 1 aliphatic rings. The topological polar surface area (TPSA) is 65.1 Å². The Kier molecular flexibility index (Phi) is 4.73. The lowest BCUT2D eigenvalue weighted by Gasteiger charge is -2.33. The summed E-state index contributed by atoms with van der Waals surface area (Å²) in [7, 11) is 1.60. The summed E-state index contributed by atoms with van der Waals surface area (Å²) < 4.78 is 18.6. The highest BCUT2D eigenvalue weighted by atomic mass is 19.1. The molecular formula is C24H24FN5O2. The van der Waals surface area contributed by atoms with E-state index in [-0.39, 0.29) is 12.5 Å². The predicted octanol–water partition coefficient (Wildman–Crippen LogP) is 3.18. The summed E-state index contributed by atoms with van der Waals surface area (Å²) in [6.07, 6.45) is 0. The minimum Gasteiger partial charge on any atom is -0.312 e. The zero-order valence-electron chi connectivity index (χ0n) is 18.2. The van der Waals surface area contributed by atoms with E-state index in [1.807, 2.05) is 29.7 Å². The molecule has 5 rings (SSSR count). The van der Waals surface area contributed by atoms with E-state index in [2.05, 4.69) is 17.9 Å². The summed E-state index contributed by atoms with van der Waals surface area (Å²) in [6.45, 7) is 5.39. The van der Waals surface area contributed by atoms with Gasteiger partial charge in [0, 0.05) is 31.4 Å². The van der Waals surface area contributed by atoms with E-state index in [1.165, 1.54) is 10.6 Å². The summed E-state index contributed by atoms with van der Waals surface area (Å²) in [5.41, 5.74) is 2.14. The fourth-order valence-corrected chi connectivity index (χ4v) is 4.45. The molecule has 0 bridgehead atoms. The highest BCUT2D eigenvalue weighted by Gasteiger charge is 2.30. The molecule has 0 spiro atoms. The lowest BCUT2D eigenvalue weighted by molar-refractivity contribution is 0.458. The van der Waals surface area contributed by atoms with Crippen molar-refractivity contribution >= 4 is 22.8 Å². The van der Waals surface area contributed by atoms with Gasteiger partial charge in [-0.25, -0.2) is 9.18 Å². The fraction of sp³-hybridized carbons (Fsp3) is 0.292. The molecule has 1 atom stereocenters. The second kappa shape index (κ2) is 7.47. The summed E-state index contributed by atoms with van der Waals surface area (Å²) >= 11 is 0. The first-order chi connectivity index (χ1) is 15.3. The Morgan fingerprint density at radius 1 is 1.09 bits per heavy atom. The molecular weight excluding hydrogens is 409 g/mol. The molecule has 1 aliphatic heterocycles. The lowest BCUT2D eigenvalue weighted by atomic mass is 10.1. The van der Waals surface area contributed by atoms with E-state index in [0.717, 1.165) is 22.4 Å². The maximum atomic E-state index is 14.2. The molecule has 32 heavy (non-hydrogen) atoms. The van der Waals surface area contributed by atoms with E-state index < -0.39 is 17.1 Å². The van der Waals surface area contributed by atoms with Gasteiger partial charge in [0.25, 0.3) is 5.56 Å². The Balaban J connectivity index is 1.74. The summed E-state index contributed by atoms with van der Waals surface area (Å²) in [6, 6.07) is 14.3.